The Bertz CT molecular complexity index is 1770. The fraction of sp³-hybridized carbons (Fsp3) is 0.371. The second kappa shape index (κ2) is 12.8. The number of rotatable bonds is 7. The topological polar surface area (TPSA) is 75.0 Å². The van der Waals surface area contributed by atoms with Crippen LogP contribution in [0.25, 0.3) is 16.6 Å². The monoisotopic (exact) mass is 631 g/mol. The maximum absolute atomic E-state index is 14.7. The zero-order valence-electron chi connectivity index (χ0n) is 25.1. The van der Waals surface area contributed by atoms with Crippen molar-refractivity contribution in [2.24, 2.45) is 0 Å². The lowest BCUT2D eigenvalue weighted by Gasteiger charge is -2.31. The van der Waals surface area contributed by atoms with Crippen LogP contribution in [0.4, 0.5) is 4.39 Å². The number of ether oxygens (including phenoxy) is 4. The average molecular weight is 632 g/mol. The molecular formula is C35H35ClFN3O5. The second-order valence-corrected chi connectivity index (χ2v) is 12.2. The Morgan fingerprint density at radius 1 is 1.16 bits per heavy atom. The number of carbonyl (C=O) groups is 1. The normalized spacial score (nSPS) is 20.2. The van der Waals surface area contributed by atoms with Crippen molar-refractivity contribution in [2.75, 3.05) is 33.4 Å². The van der Waals surface area contributed by atoms with Gasteiger partial charge < -0.3 is 23.5 Å². The van der Waals surface area contributed by atoms with Crippen LogP contribution in [0.15, 0.2) is 60.7 Å². The molecule has 4 aromatic rings. The third-order valence-corrected chi connectivity index (χ3v) is 9.09. The molecule has 45 heavy (non-hydrogen) atoms. The van der Waals surface area contributed by atoms with Crippen LogP contribution in [0.5, 0.6) is 11.5 Å². The van der Waals surface area contributed by atoms with E-state index >= 15 is 0 Å². The quantitative estimate of drug-likeness (QED) is 0.204. The Morgan fingerprint density at radius 2 is 2.07 bits per heavy atom. The van der Waals surface area contributed by atoms with Gasteiger partial charge >= 0.3 is 5.97 Å². The van der Waals surface area contributed by atoms with Gasteiger partial charge in [-0.15, -0.1) is 0 Å². The predicted octanol–water partition coefficient (Wildman–Crippen LogP) is 6.99. The largest absolute Gasteiger partial charge is 0.485 e. The molecule has 0 bridgehead atoms. The van der Waals surface area contributed by atoms with E-state index in [1.54, 1.807) is 18.2 Å². The minimum Gasteiger partial charge on any atom is -0.485 e. The molecule has 2 atom stereocenters. The fourth-order valence-electron chi connectivity index (χ4n) is 6.46. The van der Waals surface area contributed by atoms with Crippen molar-refractivity contribution in [2.45, 2.75) is 51.0 Å². The van der Waals surface area contributed by atoms with Gasteiger partial charge in [0.25, 0.3) is 0 Å². The van der Waals surface area contributed by atoms with Crippen LogP contribution < -0.4 is 9.47 Å². The van der Waals surface area contributed by atoms with E-state index in [0.29, 0.717) is 40.7 Å². The molecule has 3 aliphatic heterocycles. The van der Waals surface area contributed by atoms with Crippen molar-refractivity contribution in [3.05, 3.63) is 94.0 Å². The van der Waals surface area contributed by atoms with E-state index in [-0.39, 0.29) is 18.7 Å². The number of hydrogen-bond donors (Lipinski definition) is 0. The number of imidazole rings is 1. The van der Waals surface area contributed by atoms with E-state index < -0.39 is 11.9 Å². The Morgan fingerprint density at radius 3 is 2.84 bits per heavy atom. The molecule has 1 aromatic heterocycles. The first-order valence-corrected chi connectivity index (χ1v) is 15.8. The summed E-state index contributed by atoms with van der Waals surface area (Å²) in [5.74, 6) is 1.47. The summed E-state index contributed by atoms with van der Waals surface area (Å²) >= 11 is 5.97. The van der Waals surface area contributed by atoms with Gasteiger partial charge in [0.1, 0.15) is 18.2 Å². The van der Waals surface area contributed by atoms with E-state index in [1.165, 1.54) is 13.2 Å². The molecule has 10 heteroatoms. The molecule has 0 amide bonds. The number of benzene rings is 3. The molecule has 1 unspecified atom stereocenters. The van der Waals surface area contributed by atoms with Crippen LogP contribution >= 0.6 is 11.6 Å². The minimum absolute atomic E-state index is 0.112. The van der Waals surface area contributed by atoms with Crippen LogP contribution in [0.1, 0.15) is 59.1 Å². The predicted molar refractivity (Wildman–Crippen MR) is 169 cm³/mol. The van der Waals surface area contributed by atoms with Gasteiger partial charge in [0.05, 0.1) is 42.9 Å². The summed E-state index contributed by atoms with van der Waals surface area (Å²) in [5.41, 5.74) is 4.81. The maximum Gasteiger partial charge on any atom is 0.337 e. The maximum atomic E-state index is 14.7. The van der Waals surface area contributed by atoms with E-state index in [0.717, 1.165) is 73.4 Å². The van der Waals surface area contributed by atoms with Gasteiger partial charge in [0, 0.05) is 35.8 Å². The number of nitrogens with zero attached hydrogens (tertiary/aromatic N) is 3. The van der Waals surface area contributed by atoms with Gasteiger partial charge in [-0.1, -0.05) is 35.9 Å². The molecule has 1 fully saturated rings. The SMILES string of the molecule is COC(=O)c1ccc2nc(CN3CC=C(c4cccc5c4O[C@H](c4ccc(Cl)cc4F)CO5)CC3)n(CC3CCCCO3)c2c1. The number of hydrogen-bond acceptors (Lipinski definition) is 7. The highest BCUT2D eigenvalue weighted by Gasteiger charge is 2.29. The molecular weight excluding hydrogens is 597 g/mol. The highest BCUT2D eigenvalue weighted by molar-refractivity contribution is 6.30. The van der Waals surface area contributed by atoms with E-state index in [1.807, 2.05) is 30.3 Å². The summed E-state index contributed by atoms with van der Waals surface area (Å²) in [6.45, 7) is 3.88. The standard InChI is InChI=1S/C35H35ClFN3O5/c1-42-35(41)23-8-11-29-30(17-23)40(19-25-5-2-3-16-43-25)33(38-29)20-39-14-12-22(13-15-39)26-6-4-7-31-34(26)45-32(21-44-31)27-10-9-24(36)18-28(27)37/h4,6-12,17-18,25,32H,2-3,5,13-16,19-21H2,1H3/t25?,32-/m0/s1. The summed E-state index contributed by atoms with van der Waals surface area (Å²) in [5, 5.41) is 0.342. The first kappa shape index (κ1) is 29.8. The zero-order valence-corrected chi connectivity index (χ0v) is 25.9. The highest BCUT2D eigenvalue weighted by Crippen LogP contribution is 2.43. The molecule has 3 aliphatic rings. The lowest BCUT2D eigenvalue weighted by Crippen LogP contribution is -2.31. The van der Waals surface area contributed by atoms with E-state index in [4.69, 9.17) is 35.5 Å². The smallest absolute Gasteiger partial charge is 0.337 e. The van der Waals surface area contributed by atoms with Gasteiger partial charge in [0.2, 0.25) is 0 Å². The molecule has 0 N–H and O–H groups in total. The van der Waals surface area contributed by atoms with E-state index in [2.05, 4.69) is 15.5 Å². The number of esters is 1. The van der Waals surface area contributed by atoms with Gasteiger partial charge in [-0.2, -0.15) is 0 Å². The Hall–Kier alpha value is -3.92. The number of halogens is 2. The first-order valence-electron chi connectivity index (χ1n) is 15.4. The lowest BCUT2D eigenvalue weighted by molar-refractivity contribution is 0.00590. The number of aromatic nitrogens is 2. The van der Waals surface area contributed by atoms with Crippen molar-refractivity contribution in [3.8, 4) is 11.5 Å². The fourth-order valence-corrected chi connectivity index (χ4v) is 6.62. The number of carbonyl (C=O) groups excluding carboxylic acids is 1. The second-order valence-electron chi connectivity index (χ2n) is 11.8. The summed E-state index contributed by atoms with van der Waals surface area (Å²) in [4.78, 5) is 19.7. The van der Waals surface area contributed by atoms with Gasteiger partial charge in [0.15, 0.2) is 17.6 Å². The van der Waals surface area contributed by atoms with Crippen molar-refractivity contribution < 1.29 is 28.1 Å². The van der Waals surface area contributed by atoms with Crippen molar-refractivity contribution in [1.82, 2.24) is 14.5 Å². The minimum atomic E-state index is -0.572. The van der Waals surface area contributed by atoms with Gasteiger partial charge in [-0.3, -0.25) is 4.90 Å². The third-order valence-electron chi connectivity index (χ3n) is 8.85. The molecule has 0 aliphatic carbocycles. The van der Waals surface area contributed by atoms with E-state index in [9.17, 15) is 9.18 Å². The molecule has 3 aromatic carbocycles. The number of para-hydroxylation sites is 1. The van der Waals surface area contributed by atoms with Crippen LogP contribution in [-0.4, -0.2) is 59.9 Å². The number of fused-ring (bicyclic) bond motifs is 2. The third kappa shape index (κ3) is 6.17. The molecule has 0 spiro atoms. The van der Waals surface area contributed by atoms with Crippen LogP contribution in [0.3, 0.4) is 0 Å². The molecule has 4 heterocycles. The number of methoxy groups -OCH3 is 1. The molecule has 0 saturated carbocycles. The van der Waals surface area contributed by atoms with Crippen molar-refractivity contribution >= 4 is 34.2 Å². The van der Waals surface area contributed by atoms with Crippen molar-refractivity contribution in [3.63, 3.8) is 0 Å². The zero-order chi connectivity index (χ0) is 30.9. The van der Waals surface area contributed by atoms with Crippen LogP contribution in [0, 0.1) is 5.82 Å². The average Bonchev–Trinajstić information content (AvgIpc) is 3.40. The molecule has 8 nitrogen and oxygen atoms in total. The van der Waals surface area contributed by atoms with Crippen LogP contribution in [0.2, 0.25) is 5.02 Å². The molecule has 0 radical (unpaired) electrons. The molecule has 7 rings (SSSR count). The Balaban J connectivity index is 1.12. The lowest BCUT2D eigenvalue weighted by atomic mass is 9.97. The van der Waals surface area contributed by atoms with Gasteiger partial charge in [-0.05, 0) is 67.7 Å². The van der Waals surface area contributed by atoms with Crippen molar-refractivity contribution in [1.29, 1.82) is 0 Å². The highest BCUT2D eigenvalue weighted by atomic mass is 35.5. The Labute approximate surface area is 266 Å². The summed E-state index contributed by atoms with van der Waals surface area (Å²) in [6, 6.07) is 16.0. The van der Waals surface area contributed by atoms with Gasteiger partial charge in [-0.25, -0.2) is 14.2 Å². The molecule has 234 valence electrons. The molecule has 1 saturated heterocycles. The summed E-state index contributed by atoms with van der Waals surface area (Å²) in [7, 11) is 1.39. The summed E-state index contributed by atoms with van der Waals surface area (Å²) in [6.07, 6.45) is 5.80. The first-order chi connectivity index (χ1) is 22.0. The summed E-state index contributed by atoms with van der Waals surface area (Å²) < 4.78 is 40.4. The van der Waals surface area contributed by atoms with Crippen LogP contribution in [-0.2, 0) is 22.6 Å². The Kier molecular flexibility index (Phi) is 8.49.